The molecule has 1 unspecified atom stereocenters. The van der Waals surface area contributed by atoms with E-state index in [1.54, 1.807) is 36.4 Å². The van der Waals surface area contributed by atoms with Crippen molar-refractivity contribution in [2.75, 3.05) is 7.11 Å². The Morgan fingerprint density at radius 2 is 1.74 bits per heavy atom. The maximum atomic E-state index is 12.5. The summed E-state index contributed by atoms with van der Waals surface area (Å²) >= 11 is 0. The van der Waals surface area contributed by atoms with Crippen LogP contribution in [0.5, 0.6) is 0 Å². The minimum Gasteiger partial charge on any atom is -0.468 e. The summed E-state index contributed by atoms with van der Waals surface area (Å²) in [6.45, 7) is 0. The standard InChI is InChI=1S/C16H14N2O4S/c1-22-16(19)15(12-7-3-2-4-8-12)18-23(20,21)14-10-6-5-9-13(14)11-17/h2-10,15,18H,1H3. The van der Waals surface area contributed by atoms with Crippen LogP contribution in [0.25, 0.3) is 0 Å². The molecule has 0 saturated carbocycles. The normalized spacial score (nSPS) is 12.2. The molecule has 1 atom stereocenters. The van der Waals surface area contributed by atoms with Gasteiger partial charge in [-0.2, -0.15) is 9.98 Å². The lowest BCUT2D eigenvalue weighted by molar-refractivity contribution is -0.142. The Morgan fingerprint density at radius 1 is 1.13 bits per heavy atom. The molecule has 0 aliphatic carbocycles. The number of ether oxygens (including phenoxy) is 1. The van der Waals surface area contributed by atoms with Crippen LogP contribution >= 0.6 is 0 Å². The van der Waals surface area contributed by atoms with E-state index in [9.17, 15) is 13.2 Å². The van der Waals surface area contributed by atoms with Gasteiger partial charge in [0.25, 0.3) is 0 Å². The second-order valence-corrected chi connectivity index (χ2v) is 6.28. The van der Waals surface area contributed by atoms with Crippen LogP contribution in [-0.2, 0) is 19.6 Å². The average Bonchev–Trinajstić information content (AvgIpc) is 2.59. The first kappa shape index (κ1) is 16.7. The first-order chi connectivity index (χ1) is 11.0. The second-order valence-electron chi connectivity index (χ2n) is 4.60. The number of esters is 1. The van der Waals surface area contributed by atoms with E-state index in [0.29, 0.717) is 5.56 Å². The van der Waals surface area contributed by atoms with Crippen LogP contribution in [0, 0.1) is 11.3 Å². The minimum atomic E-state index is -4.08. The van der Waals surface area contributed by atoms with Gasteiger partial charge in [0.15, 0.2) is 0 Å². The lowest BCUT2D eigenvalue weighted by Gasteiger charge is -2.17. The molecule has 0 spiro atoms. The number of nitriles is 1. The van der Waals surface area contributed by atoms with Crippen molar-refractivity contribution in [3.8, 4) is 6.07 Å². The highest BCUT2D eigenvalue weighted by atomic mass is 32.2. The molecule has 0 fully saturated rings. The van der Waals surface area contributed by atoms with Crippen molar-refractivity contribution in [3.63, 3.8) is 0 Å². The maximum absolute atomic E-state index is 12.5. The van der Waals surface area contributed by atoms with Crippen LogP contribution in [0.1, 0.15) is 17.2 Å². The molecule has 0 aliphatic rings. The fourth-order valence-corrected chi connectivity index (χ4v) is 3.36. The summed E-state index contributed by atoms with van der Waals surface area (Å²) in [7, 11) is -2.90. The van der Waals surface area contributed by atoms with E-state index >= 15 is 0 Å². The molecule has 0 aliphatic heterocycles. The molecule has 0 saturated heterocycles. The summed E-state index contributed by atoms with van der Waals surface area (Å²) in [6, 6.07) is 14.7. The smallest absolute Gasteiger partial charge is 0.328 e. The highest BCUT2D eigenvalue weighted by Crippen LogP contribution is 2.20. The fourth-order valence-electron chi connectivity index (χ4n) is 2.03. The zero-order valence-electron chi connectivity index (χ0n) is 12.3. The molecule has 2 rings (SSSR count). The number of rotatable bonds is 5. The molecule has 0 heterocycles. The van der Waals surface area contributed by atoms with E-state index in [1.165, 1.54) is 25.3 Å². The van der Waals surface area contributed by atoms with Crippen LogP contribution in [0.3, 0.4) is 0 Å². The van der Waals surface area contributed by atoms with Crippen molar-refractivity contribution in [1.82, 2.24) is 4.72 Å². The van der Waals surface area contributed by atoms with E-state index < -0.39 is 22.0 Å². The summed E-state index contributed by atoms with van der Waals surface area (Å²) in [6.07, 6.45) is 0. The number of methoxy groups -OCH3 is 1. The quantitative estimate of drug-likeness (QED) is 0.843. The third-order valence-electron chi connectivity index (χ3n) is 3.14. The predicted molar refractivity (Wildman–Crippen MR) is 82.7 cm³/mol. The van der Waals surface area contributed by atoms with Crippen molar-refractivity contribution >= 4 is 16.0 Å². The molecule has 0 amide bonds. The highest BCUT2D eigenvalue weighted by Gasteiger charge is 2.29. The number of benzene rings is 2. The molecule has 1 N–H and O–H groups in total. The van der Waals surface area contributed by atoms with Gasteiger partial charge in [0.05, 0.1) is 17.6 Å². The first-order valence-corrected chi connectivity index (χ1v) is 8.12. The van der Waals surface area contributed by atoms with Gasteiger partial charge < -0.3 is 4.74 Å². The first-order valence-electron chi connectivity index (χ1n) is 6.64. The summed E-state index contributed by atoms with van der Waals surface area (Å²) < 4.78 is 32.1. The maximum Gasteiger partial charge on any atom is 0.328 e. The van der Waals surface area contributed by atoms with Crippen LogP contribution < -0.4 is 4.72 Å². The van der Waals surface area contributed by atoms with Crippen LogP contribution in [-0.4, -0.2) is 21.5 Å². The Kier molecular flexibility index (Phi) is 5.11. The number of nitrogens with zero attached hydrogens (tertiary/aromatic N) is 1. The van der Waals surface area contributed by atoms with Crippen LogP contribution in [0.15, 0.2) is 59.5 Å². The highest BCUT2D eigenvalue weighted by molar-refractivity contribution is 7.89. The molecule has 0 radical (unpaired) electrons. The molecule has 0 bridgehead atoms. The molecule has 23 heavy (non-hydrogen) atoms. The van der Waals surface area contributed by atoms with Gasteiger partial charge in [0.1, 0.15) is 12.1 Å². The zero-order valence-corrected chi connectivity index (χ0v) is 13.1. The van der Waals surface area contributed by atoms with Gasteiger partial charge in [-0.25, -0.2) is 13.2 Å². The van der Waals surface area contributed by atoms with Gasteiger partial charge in [0.2, 0.25) is 10.0 Å². The molecule has 118 valence electrons. The molecule has 6 nitrogen and oxygen atoms in total. The third-order valence-corrected chi connectivity index (χ3v) is 4.62. The molecular weight excluding hydrogens is 316 g/mol. The Bertz CT molecular complexity index is 842. The van der Waals surface area contributed by atoms with E-state index in [4.69, 9.17) is 5.26 Å². The van der Waals surface area contributed by atoms with E-state index in [-0.39, 0.29) is 10.5 Å². The Balaban J connectivity index is 2.43. The number of hydrogen-bond acceptors (Lipinski definition) is 5. The van der Waals surface area contributed by atoms with Crippen molar-refractivity contribution in [2.45, 2.75) is 10.9 Å². The van der Waals surface area contributed by atoms with Gasteiger partial charge in [-0.05, 0) is 17.7 Å². The molecule has 2 aromatic rings. The molecule has 2 aromatic carbocycles. The van der Waals surface area contributed by atoms with E-state index in [0.717, 1.165) is 0 Å². The van der Waals surface area contributed by atoms with E-state index in [1.807, 2.05) is 6.07 Å². The van der Waals surface area contributed by atoms with Crippen LogP contribution in [0.4, 0.5) is 0 Å². The van der Waals surface area contributed by atoms with Crippen LogP contribution in [0.2, 0.25) is 0 Å². The van der Waals surface area contributed by atoms with Crippen molar-refractivity contribution < 1.29 is 17.9 Å². The molecule has 0 aromatic heterocycles. The van der Waals surface area contributed by atoms with Gasteiger partial charge in [0, 0.05) is 0 Å². The third kappa shape index (κ3) is 3.74. The lowest BCUT2D eigenvalue weighted by atomic mass is 10.1. The summed E-state index contributed by atoms with van der Waals surface area (Å²) in [5.41, 5.74) is 0.439. The number of hydrogen-bond donors (Lipinski definition) is 1. The Hall–Kier alpha value is -2.69. The van der Waals surface area contributed by atoms with Gasteiger partial charge in [-0.1, -0.05) is 42.5 Å². The van der Waals surface area contributed by atoms with Gasteiger partial charge in [-0.15, -0.1) is 0 Å². The Labute approximate surface area is 134 Å². The average molecular weight is 330 g/mol. The predicted octanol–water partition coefficient (Wildman–Crippen LogP) is 1.75. The minimum absolute atomic E-state index is 0.00308. The summed E-state index contributed by atoms with van der Waals surface area (Å²) in [5, 5.41) is 9.05. The number of carbonyl (C=O) groups excluding carboxylic acids is 1. The topological polar surface area (TPSA) is 96.3 Å². The second kappa shape index (κ2) is 7.05. The van der Waals surface area contributed by atoms with Gasteiger partial charge in [-0.3, -0.25) is 0 Å². The molecular formula is C16H14N2O4S. The monoisotopic (exact) mass is 330 g/mol. The fraction of sp³-hybridized carbons (Fsp3) is 0.125. The van der Waals surface area contributed by atoms with Gasteiger partial charge >= 0.3 is 5.97 Å². The Morgan fingerprint density at radius 3 is 2.35 bits per heavy atom. The van der Waals surface area contributed by atoms with Crippen molar-refractivity contribution in [3.05, 3.63) is 65.7 Å². The summed E-state index contributed by atoms with van der Waals surface area (Å²) in [4.78, 5) is 11.8. The zero-order chi connectivity index (χ0) is 16.9. The van der Waals surface area contributed by atoms with E-state index in [2.05, 4.69) is 9.46 Å². The van der Waals surface area contributed by atoms with Crippen molar-refractivity contribution in [1.29, 1.82) is 5.26 Å². The van der Waals surface area contributed by atoms with Crippen molar-refractivity contribution in [2.24, 2.45) is 0 Å². The summed E-state index contributed by atoms with van der Waals surface area (Å²) in [5.74, 6) is -0.741. The lowest BCUT2D eigenvalue weighted by Crippen LogP contribution is -2.34. The number of sulfonamides is 1. The number of nitrogens with one attached hydrogen (secondary N) is 1. The largest absolute Gasteiger partial charge is 0.468 e. The SMILES string of the molecule is COC(=O)C(NS(=O)(=O)c1ccccc1C#N)c1ccccc1. The number of carbonyl (C=O) groups is 1. The molecule has 7 heteroatoms.